The predicted octanol–water partition coefficient (Wildman–Crippen LogP) is 5.81. The molecule has 0 bridgehead atoms. The zero-order valence-corrected chi connectivity index (χ0v) is 26.7. The van der Waals surface area contributed by atoms with Gasteiger partial charge in [-0.1, -0.05) is 60.7 Å². The van der Waals surface area contributed by atoms with Crippen molar-refractivity contribution in [3.8, 4) is 0 Å². The van der Waals surface area contributed by atoms with Crippen LogP contribution in [0.1, 0.15) is 44.4 Å². The third kappa shape index (κ3) is 6.41. The summed E-state index contributed by atoms with van der Waals surface area (Å²) < 4.78 is 11.6. The van der Waals surface area contributed by atoms with Gasteiger partial charge in [-0.2, -0.15) is 0 Å². The highest BCUT2D eigenvalue weighted by Crippen LogP contribution is 2.43. The first-order valence-electron chi connectivity index (χ1n) is 14.6. The van der Waals surface area contributed by atoms with E-state index >= 15 is 0 Å². The summed E-state index contributed by atoms with van der Waals surface area (Å²) in [6.07, 6.45) is 0.797. The molecule has 2 aromatic carbocycles. The molecule has 9 nitrogen and oxygen atoms in total. The van der Waals surface area contributed by atoms with Gasteiger partial charge in [-0.3, -0.25) is 19.4 Å². The van der Waals surface area contributed by atoms with Crippen LogP contribution in [0.3, 0.4) is 0 Å². The first-order valence-corrected chi connectivity index (χ1v) is 16.6. The van der Waals surface area contributed by atoms with Crippen LogP contribution in [-0.2, 0) is 23.9 Å². The first kappa shape index (κ1) is 30.7. The van der Waals surface area contributed by atoms with E-state index in [2.05, 4.69) is 5.32 Å². The maximum absolute atomic E-state index is 14.2. The average molecular weight is 644 g/mol. The van der Waals surface area contributed by atoms with E-state index in [-0.39, 0.29) is 11.6 Å². The Morgan fingerprint density at radius 1 is 0.978 bits per heavy atom. The molecule has 2 fully saturated rings. The number of thiophene rings is 1. The van der Waals surface area contributed by atoms with Crippen LogP contribution in [0.5, 0.6) is 0 Å². The fourth-order valence-electron chi connectivity index (χ4n) is 5.52. The summed E-state index contributed by atoms with van der Waals surface area (Å²) in [5, 5.41) is 4.91. The summed E-state index contributed by atoms with van der Waals surface area (Å²) >= 11 is 2.90. The number of fused-ring (bicyclic) bond motifs is 1. The second-order valence-corrected chi connectivity index (χ2v) is 13.9. The Morgan fingerprint density at radius 3 is 2.24 bits per heavy atom. The van der Waals surface area contributed by atoms with Gasteiger partial charge in [0.15, 0.2) is 6.10 Å². The number of alkyl carbamates (subject to hydrolysis) is 1. The molecule has 3 aromatic rings. The summed E-state index contributed by atoms with van der Waals surface area (Å²) in [7, 11) is 0. The van der Waals surface area contributed by atoms with E-state index in [0.717, 1.165) is 16.1 Å². The second kappa shape index (κ2) is 12.6. The third-order valence-corrected chi connectivity index (χ3v) is 9.73. The Hall–Kier alpha value is -4.35. The molecule has 0 spiro atoms. The summed E-state index contributed by atoms with van der Waals surface area (Å²) in [5.41, 5.74) is 1.98. The van der Waals surface area contributed by atoms with E-state index in [9.17, 15) is 19.2 Å². The Bertz CT molecular complexity index is 1630. The lowest BCUT2D eigenvalue weighted by atomic mass is 10.00. The number of thioether (sulfide) groups is 1. The molecule has 3 aliphatic rings. The summed E-state index contributed by atoms with van der Waals surface area (Å²) in [4.78, 5) is 56.9. The van der Waals surface area contributed by atoms with Gasteiger partial charge in [0.25, 0.3) is 11.8 Å². The van der Waals surface area contributed by atoms with Crippen molar-refractivity contribution in [2.45, 2.75) is 50.3 Å². The van der Waals surface area contributed by atoms with Gasteiger partial charge >= 0.3 is 12.1 Å². The zero-order valence-electron chi connectivity index (χ0n) is 25.1. The molecule has 2 atom stereocenters. The molecule has 11 heteroatoms. The van der Waals surface area contributed by atoms with Crippen molar-refractivity contribution >= 4 is 52.0 Å². The summed E-state index contributed by atoms with van der Waals surface area (Å²) in [6.45, 7) is 5.76. The highest BCUT2D eigenvalue weighted by atomic mass is 32.2. The molecule has 6 rings (SSSR count). The lowest BCUT2D eigenvalue weighted by Crippen LogP contribution is -2.70. The number of esters is 1. The molecule has 232 valence electrons. The monoisotopic (exact) mass is 643 g/mol. The van der Waals surface area contributed by atoms with Gasteiger partial charge in [0, 0.05) is 17.9 Å². The number of nitrogens with one attached hydrogen (secondary N) is 1. The van der Waals surface area contributed by atoms with Crippen molar-refractivity contribution < 1.29 is 28.7 Å². The highest BCUT2D eigenvalue weighted by molar-refractivity contribution is 8.00. The Labute approximate surface area is 269 Å². The minimum atomic E-state index is -0.872. The Kier molecular flexibility index (Phi) is 8.56. The largest absolute Gasteiger partial charge is 0.448 e. The average Bonchev–Trinajstić information content (AvgIpc) is 3.68. The molecule has 0 saturated carbocycles. The number of benzene rings is 2. The van der Waals surface area contributed by atoms with Crippen molar-refractivity contribution in [2.24, 2.45) is 0 Å². The van der Waals surface area contributed by atoms with Crippen molar-refractivity contribution in [1.82, 2.24) is 10.2 Å². The van der Waals surface area contributed by atoms with E-state index < -0.39 is 41.1 Å². The highest BCUT2D eigenvalue weighted by Gasteiger charge is 2.55. The molecular formula is C34H33N3O6S2. The Balaban J connectivity index is 1.34. The molecule has 45 heavy (non-hydrogen) atoms. The van der Waals surface area contributed by atoms with Crippen LogP contribution in [-0.4, -0.2) is 58.1 Å². The molecule has 3 amide bonds. The van der Waals surface area contributed by atoms with Gasteiger partial charge in [-0.25, -0.2) is 9.59 Å². The van der Waals surface area contributed by atoms with Crippen molar-refractivity contribution in [3.63, 3.8) is 0 Å². The van der Waals surface area contributed by atoms with Gasteiger partial charge in [-0.15, -0.1) is 23.1 Å². The third-order valence-electron chi connectivity index (χ3n) is 7.54. The molecule has 0 unspecified atom stereocenters. The smallest absolute Gasteiger partial charge is 0.408 e. The van der Waals surface area contributed by atoms with Crippen LogP contribution in [0.2, 0.25) is 0 Å². The van der Waals surface area contributed by atoms with Crippen LogP contribution in [0.15, 0.2) is 101 Å². The van der Waals surface area contributed by atoms with Gasteiger partial charge in [0.1, 0.15) is 22.7 Å². The standard InChI is InChI=1S/C34H33N3O6S2/c1-34(2,3)43-33(41)35-26-30(39)37-27(32(40)42-28(21-11-6-4-7-12-21)22-13-8-5-9-14-22)24(20-45-31(26)37)19-23-16-17-36(29(23)38)25-15-10-18-44-25/h4-15,18-19,26,28,31H,16-17,20H2,1-3H3,(H,35,41)/b23-19+/t26-,31-/m1/s1. The normalized spacial score (nSPS) is 20.8. The molecule has 0 radical (unpaired) electrons. The van der Waals surface area contributed by atoms with Crippen LogP contribution in [0.4, 0.5) is 9.80 Å². The fourth-order valence-corrected chi connectivity index (χ4v) is 7.58. The number of allylic oxidation sites excluding steroid dienone is 1. The van der Waals surface area contributed by atoms with Crippen LogP contribution in [0, 0.1) is 0 Å². The SMILES string of the molecule is CC(C)(C)OC(=O)N[C@@H]1C(=O)N2C(C(=O)OC(c3ccccc3)c3ccccc3)=C(/C=C3\CCN(c4cccs4)C3=O)CS[C@H]12. The van der Waals surface area contributed by atoms with Gasteiger partial charge in [0.05, 0.1) is 5.00 Å². The number of amides is 3. The van der Waals surface area contributed by atoms with Crippen LogP contribution in [0.25, 0.3) is 0 Å². The van der Waals surface area contributed by atoms with E-state index in [4.69, 9.17) is 9.47 Å². The van der Waals surface area contributed by atoms with Crippen molar-refractivity contribution in [3.05, 3.63) is 112 Å². The Morgan fingerprint density at radius 2 is 1.64 bits per heavy atom. The zero-order chi connectivity index (χ0) is 31.7. The lowest BCUT2D eigenvalue weighted by Gasteiger charge is -2.49. The number of carbonyl (C=O) groups is 4. The molecule has 0 aliphatic carbocycles. The van der Waals surface area contributed by atoms with Gasteiger partial charge < -0.3 is 14.8 Å². The molecule has 2 saturated heterocycles. The quantitative estimate of drug-likeness (QED) is 0.197. The van der Waals surface area contributed by atoms with E-state index in [1.54, 1.807) is 31.7 Å². The van der Waals surface area contributed by atoms with E-state index in [0.29, 0.717) is 29.9 Å². The van der Waals surface area contributed by atoms with Gasteiger partial charge in [-0.05, 0) is 67.5 Å². The molecule has 4 heterocycles. The molecule has 1 aromatic heterocycles. The topological polar surface area (TPSA) is 105 Å². The van der Waals surface area contributed by atoms with Gasteiger partial charge in [0.2, 0.25) is 0 Å². The number of ether oxygens (including phenoxy) is 2. The second-order valence-electron chi connectivity index (χ2n) is 11.8. The molecule has 1 N–H and O–H groups in total. The number of carbonyl (C=O) groups excluding carboxylic acids is 4. The minimum Gasteiger partial charge on any atom is -0.448 e. The van der Waals surface area contributed by atoms with Crippen LogP contribution < -0.4 is 10.2 Å². The maximum atomic E-state index is 14.2. The van der Waals surface area contributed by atoms with Crippen molar-refractivity contribution in [1.29, 1.82) is 0 Å². The fraction of sp³-hybridized carbons (Fsp3) is 0.294. The predicted molar refractivity (Wildman–Crippen MR) is 173 cm³/mol. The molecular weight excluding hydrogens is 611 g/mol. The van der Waals surface area contributed by atoms with E-state index in [1.165, 1.54) is 28.0 Å². The van der Waals surface area contributed by atoms with E-state index in [1.807, 2.05) is 78.2 Å². The number of anilines is 1. The number of nitrogens with zero attached hydrogens (tertiary/aromatic N) is 2. The van der Waals surface area contributed by atoms with Crippen molar-refractivity contribution in [2.75, 3.05) is 17.2 Å². The molecule has 3 aliphatic heterocycles. The number of rotatable bonds is 7. The van der Waals surface area contributed by atoms with Crippen LogP contribution >= 0.6 is 23.1 Å². The number of β-lactam (4-membered cyclic amide) rings is 1. The summed E-state index contributed by atoms with van der Waals surface area (Å²) in [5.74, 6) is -0.928. The lowest BCUT2D eigenvalue weighted by molar-refractivity contribution is -0.153. The maximum Gasteiger partial charge on any atom is 0.408 e. The number of hydrogen-bond donors (Lipinski definition) is 1. The number of hydrogen-bond acceptors (Lipinski definition) is 8. The summed E-state index contributed by atoms with van der Waals surface area (Å²) in [6, 6.07) is 21.7. The first-order chi connectivity index (χ1) is 21.6. The minimum absolute atomic E-state index is 0.0812.